The Morgan fingerprint density at radius 3 is 2.55 bits per heavy atom. The number of hydrogen-bond acceptors (Lipinski definition) is 2. The molecular formula is C17H27NOS. The quantitative estimate of drug-likeness (QED) is 0.523. The van der Waals surface area contributed by atoms with E-state index >= 15 is 0 Å². The van der Waals surface area contributed by atoms with Crippen LogP contribution in [0.2, 0.25) is 0 Å². The molecule has 2 atom stereocenters. The van der Waals surface area contributed by atoms with Crippen molar-refractivity contribution in [2.24, 2.45) is 0 Å². The minimum atomic E-state index is -0.268. The molecular weight excluding hydrogens is 266 g/mol. The summed E-state index contributed by atoms with van der Waals surface area (Å²) in [4.78, 5) is 12.1. The Kier molecular flexibility index (Phi) is 8.43. The van der Waals surface area contributed by atoms with Gasteiger partial charge >= 0.3 is 0 Å². The monoisotopic (exact) mass is 293 g/mol. The highest BCUT2D eigenvalue weighted by atomic mass is 32.1. The van der Waals surface area contributed by atoms with E-state index < -0.39 is 0 Å². The van der Waals surface area contributed by atoms with E-state index in [1.807, 2.05) is 30.3 Å². The topological polar surface area (TPSA) is 29.1 Å². The fourth-order valence-electron chi connectivity index (χ4n) is 2.22. The van der Waals surface area contributed by atoms with Gasteiger partial charge in [0.15, 0.2) is 0 Å². The van der Waals surface area contributed by atoms with Crippen LogP contribution >= 0.6 is 12.6 Å². The second kappa shape index (κ2) is 9.87. The van der Waals surface area contributed by atoms with Crippen molar-refractivity contribution in [3.63, 3.8) is 0 Å². The van der Waals surface area contributed by atoms with Gasteiger partial charge in [0.25, 0.3) is 0 Å². The highest BCUT2D eigenvalue weighted by Crippen LogP contribution is 2.09. The van der Waals surface area contributed by atoms with Crippen molar-refractivity contribution in [1.29, 1.82) is 0 Å². The molecule has 0 bridgehead atoms. The lowest BCUT2D eigenvalue weighted by Crippen LogP contribution is -2.38. The summed E-state index contributed by atoms with van der Waals surface area (Å²) in [5, 5.41) is 2.79. The number of thiol groups is 1. The van der Waals surface area contributed by atoms with Gasteiger partial charge < -0.3 is 5.32 Å². The van der Waals surface area contributed by atoms with Crippen molar-refractivity contribution in [3.8, 4) is 0 Å². The van der Waals surface area contributed by atoms with E-state index in [-0.39, 0.29) is 17.2 Å². The van der Waals surface area contributed by atoms with Gasteiger partial charge in [-0.15, -0.1) is 0 Å². The number of carbonyl (C=O) groups excluding carboxylic acids is 1. The van der Waals surface area contributed by atoms with E-state index in [0.29, 0.717) is 6.42 Å². The van der Waals surface area contributed by atoms with Crippen LogP contribution in [0, 0.1) is 0 Å². The number of hydrogen-bond donors (Lipinski definition) is 2. The molecule has 0 saturated carbocycles. The molecule has 1 aromatic rings. The summed E-state index contributed by atoms with van der Waals surface area (Å²) in [5.74, 6) is 0.0418. The number of carbonyl (C=O) groups is 1. The van der Waals surface area contributed by atoms with Crippen LogP contribution in [0.4, 0.5) is 0 Å². The summed E-state index contributed by atoms with van der Waals surface area (Å²) in [6, 6.07) is 10.3. The summed E-state index contributed by atoms with van der Waals surface area (Å²) < 4.78 is 0. The summed E-state index contributed by atoms with van der Waals surface area (Å²) >= 11 is 4.42. The molecule has 0 radical (unpaired) electrons. The van der Waals surface area contributed by atoms with Crippen LogP contribution in [-0.4, -0.2) is 17.2 Å². The van der Waals surface area contributed by atoms with Gasteiger partial charge in [0.1, 0.15) is 0 Å². The van der Waals surface area contributed by atoms with Crippen LogP contribution in [0.15, 0.2) is 30.3 Å². The molecule has 0 aliphatic carbocycles. The molecule has 0 saturated heterocycles. The molecule has 0 aromatic heterocycles. The maximum Gasteiger partial charge on any atom is 0.233 e. The number of amides is 1. The molecule has 2 nitrogen and oxygen atoms in total. The van der Waals surface area contributed by atoms with E-state index in [1.54, 1.807) is 0 Å². The highest BCUT2D eigenvalue weighted by molar-refractivity contribution is 7.81. The lowest BCUT2D eigenvalue weighted by molar-refractivity contribution is -0.121. The Morgan fingerprint density at radius 2 is 1.90 bits per heavy atom. The van der Waals surface area contributed by atoms with Crippen molar-refractivity contribution in [2.45, 2.75) is 63.7 Å². The summed E-state index contributed by atoms with van der Waals surface area (Å²) in [6.07, 6.45) is 6.70. The van der Waals surface area contributed by atoms with Crippen LogP contribution in [0.3, 0.4) is 0 Å². The average molecular weight is 293 g/mol. The summed E-state index contributed by atoms with van der Waals surface area (Å²) in [7, 11) is 0. The maximum atomic E-state index is 12.1. The Balaban J connectivity index is 2.27. The minimum absolute atomic E-state index is 0.0418. The Morgan fingerprint density at radius 1 is 1.20 bits per heavy atom. The predicted molar refractivity (Wildman–Crippen MR) is 89.3 cm³/mol. The van der Waals surface area contributed by atoms with Crippen molar-refractivity contribution < 1.29 is 4.79 Å². The van der Waals surface area contributed by atoms with Crippen LogP contribution in [0.25, 0.3) is 0 Å². The standard InChI is InChI=1S/C17H27NOS/c1-3-4-5-7-10-14(2)18-17(19)16(20)13-15-11-8-6-9-12-15/h6,8-9,11-12,14,16,20H,3-5,7,10,13H2,1-2H3,(H,18,19). The molecule has 0 aliphatic rings. The van der Waals surface area contributed by atoms with Crippen molar-refractivity contribution in [2.75, 3.05) is 0 Å². The first-order valence-corrected chi connectivity index (χ1v) is 8.17. The lowest BCUT2D eigenvalue weighted by Gasteiger charge is -2.17. The highest BCUT2D eigenvalue weighted by Gasteiger charge is 2.16. The molecule has 1 rings (SSSR count). The molecule has 0 spiro atoms. The molecule has 1 aromatic carbocycles. The van der Waals surface area contributed by atoms with E-state index in [4.69, 9.17) is 0 Å². The summed E-state index contributed by atoms with van der Waals surface area (Å²) in [5.41, 5.74) is 1.15. The lowest BCUT2D eigenvalue weighted by atomic mass is 10.1. The van der Waals surface area contributed by atoms with Crippen LogP contribution in [-0.2, 0) is 11.2 Å². The molecule has 3 heteroatoms. The molecule has 1 amide bonds. The molecule has 0 aliphatic heterocycles. The first-order chi connectivity index (χ1) is 9.63. The van der Waals surface area contributed by atoms with Crippen LogP contribution < -0.4 is 5.32 Å². The number of benzene rings is 1. The van der Waals surface area contributed by atoms with Gasteiger partial charge in [-0.3, -0.25) is 4.79 Å². The zero-order chi connectivity index (χ0) is 14.8. The molecule has 0 fully saturated rings. The number of nitrogens with one attached hydrogen (secondary N) is 1. The molecule has 20 heavy (non-hydrogen) atoms. The zero-order valence-corrected chi connectivity index (χ0v) is 13.5. The van der Waals surface area contributed by atoms with E-state index in [2.05, 4.69) is 31.8 Å². The third-order valence-electron chi connectivity index (χ3n) is 3.45. The zero-order valence-electron chi connectivity index (χ0n) is 12.6. The molecule has 112 valence electrons. The van der Waals surface area contributed by atoms with Crippen LogP contribution in [0.1, 0.15) is 51.5 Å². The first kappa shape index (κ1) is 17.1. The van der Waals surface area contributed by atoms with Crippen molar-refractivity contribution in [1.82, 2.24) is 5.32 Å². The second-order valence-electron chi connectivity index (χ2n) is 5.46. The number of rotatable bonds is 9. The fraction of sp³-hybridized carbons (Fsp3) is 0.588. The van der Waals surface area contributed by atoms with E-state index in [9.17, 15) is 4.79 Å². The van der Waals surface area contributed by atoms with Crippen molar-refractivity contribution in [3.05, 3.63) is 35.9 Å². The Bertz CT molecular complexity index is 380. The summed E-state index contributed by atoms with van der Waals surface area (Å²) in [6.45, 7) is 4.28. The van der Waals surface area contributed by atoms with E-state index in [1.165, 1.54) is 25.7 Å². The SMILES string of the molecule is CCCCCCC(C)NC(=O)C(S)Cc1ccccc1. The fourth-order valence-corrected chi connectivity index (χ4v) is 2.50. The molecule has 2 unspecified atom stereocenters. The minimum Gasteiger partial charge on any atom is -0.353 e. The second-order valence-corrected chi connectivity index (χ2v) is 6.09. The third-order valence-corrected chi connectivity index (χ3v) is 3.87. The number of unbranched alkanes of at least 4 members (excludes halogenated alkanes) is 3. The van der Waals surface area contributed by atoms with Gasteiger partial charge in [-0.25, -0.2) is 0 Å². The predicted octanol–water partition coefficient (Wildman–Crippen LogP) is 4.00. The van der Waals surface area contributed by atoms with Crippen molar-refractivity contribution >= 4 is 18.5 Å². The van der Waals surface area contributed by atoms with Gasteiger partial charge in [0.05, 0.1) is 5.25 Å². The molecule has 1 N–H and O–H groups in total. The van der Waals surface area contributed by atoms with E-state index in [0.717, 1.165) is 12.0 Å². The van der Waals surface area contributed by atoms with Gasteiger partial charge in [-0.1, -0.05) is 62.9 Å². The van der Waals surface area contributed by atoms with Gasteiger partial charge in [0.2, 0.25) is 5.91 Å². The maximum absolute atomic E-state index is 12.1. The first-order valence-electron chi connectivity index (χ1n) is 7.65. The van der Waals surface area contributed by atoms with Crippen LogP contribution in [0.5, 0.6) is 0 Å². The Labute approximate surface area is 128 Å². The Hall–Kier alpha value is -0.960. The van der Waals surface area contributed by atoms with Gasteiger partial charge in [-0.2, -0.15) is 12.6 Å². The third kappa shape index (κ3) is 6.99. The van der Waals surface area contributed by atoms with Gasteiger partial charge in [0, 0.05) is 6.04 Å². The average Bonchev–Trinajstić information content (AvgIpc) is 2.44. The largest absolute Gasteiger partial charge is 0.353 e. The molecule has 0 heterocycles. The smallest absolute Gasteiger partial charge is 0.233 e. The van der Waals surface area contributed by atoms with Gasteiger partial charge in [-0.05, 0) is 25.3 Å². The normalized spacial score (nSPS) is 13.8.